The molecule has 6 nitrogen and oxygen atoms in total. The van der Waals surface area contributed by atoms with Gasteiger partial charge in [-0.1, -0.05) is 24.3 Å². The number of anilines is 2. The predicted molar refractivity (Wildman–Crippen MR) is 99.8 cm³/mol. The number of amides is 2. The van der Waals surface area contributed by atoms with Gasteiger partial charge in [-0.05, 0) is 43.2 Å². The molecule has 0 bridgehead atoms. The molecule has 1 heterocycles. The molecule has 1 aliphatic rings. The molecule has 0 saturated carbocycles. The number of nitrogens with zero attached hydrogens (tertiary/aromatic N) is 1. The van der Waals surface area contributed by atoms with Gasteiger partial charge in [0.2, 0.25) is 5.91 Å². The number of benzene rings is 2. The van der Waals surface area contributed by atoms with E-state index < -0.39 is 6.09 Å². The number of nitrogens with one attached hydrogen (secondary N) is 1. The molecule has 1 fully saturated rings. The third kappa shape index (κ3) is 3.96. The zero-order chi connectivity index (χ0) is 18.5. The topological polar surface area (TPSA) is 67.9 Å². The lowest BCUT2D eigenvalue weighted by Crippen LogP contribution is -2.25. The number of cyclic esters (lactones) is 1. The SMILES string of the molecule is Cc1cccc(OCCC(=O)Nc2ccccc2N2CCOC2=O)c1C. The van der Waals surface area contributed by atoms with Crippen molar-refractivity contribution in [3.05, 3.63) is 53.6 Å². The van der Waals surface area contributed by atoms with Crippen LogP contribution in [0.2, 0.25) is 0 Å². The fraction of sp³-hybridized carbons (Fsp3) is 0.300. The Labute approximate surface area is 152 Å². The second-order valence-corrected chi connectivity index (χ2v) is 6.13. The summed E-state index contributed by atoms with van der Waals surface area (Å²) in [5.41, 5.74) is 3.45. The van der Waals surface area contributed by atoms with Crippen molar-refractivity contribution in [2.24, 2.45) is 0 Å². The fourth-order valence-corrected chi connectivity index (χ4v) is 2.77. The second-order valence-electron chi connectivity index (χ2n) is 6.13. The van der Waals surface area contributed by atoms with Crippen molar-refractivity contribution >= 4 is 23.4 Å². The summed E-state index contributed by atoms with van der Waals surface area (Å²) in [6, 6.07) is 13.0. The Hall–Kier alpha value is -3.02. The smallest absolute Gasteiger partial charge is 0.414 e. The summed E-state index contributed by atoms with van der Waals surface area (Å²) in [6.07, 6.45) is -0.184. The van der Waals surface area contributed by atoms with Crippen LogP contribution in [0.15, 0.2) is 42.5 Å². The third-order valence-corrected chi connectivity index (χ3v) is 4.37. The first-order valence-electron chi connectivity index (χ1n) is 8.58. The van der Waals surface area contributed by atoms with Crippen molar-refractivity contribution in [2.45, 2.75) is 20.3 Å². The summed E-state index contributed by atoms with van der Waals surface area (Å²) in [4.78, 5) is 25.6. The molecule has 6 heteroatoms. The Bertz CT molecular complexity index is 819. The monoisotopic (exact) mass is 354 g/mol. The first-order chi connectivity index (χ1) is 12.6. The van der Waals surface area contributed by atoms with E-state index in [4.69, 9.17) is 9.47 Å². The number of hydrogen-bond donors (Lipinski definition) is 1. The number of carbonyl (C=O) groups is 2. The minimum absolute atomic E-state index is 0.171. The van der Waals surface area contributed by atoms with Crippen LogP contribution in [0.4, 0.5) is 16.2 Å². The van der Waals surface area contributed by atoms with Crippen LogP contribution in [0.5, 0.6) is 5.75 Å². The van der Waals surface area contributed by atoms with Crippen LogP contribution in [0, 0.1) is 13.8 Å². The highest BCUT2D eigenvalue weighted by atomic mass is 16.6. The molecule has 1 aliphatic heterocycles. The van der Waals surface area contributed by atoms with Crippen molar-refractivity contribution in [2.75, 3.05) is 30.0 Å². The van der Waals surface area contributed by atoms with Crippen LogP contribution < -0.4 is 15.0 Å². The fourth-order valence-electron chi connectivity index (χ4n) is 2.77. The maximum atomic E-state index is 12.3. The minimum atomic E-state index is -0.398. The average molecular weight is 354 g/mol. The zero-order valence-electron chi connectivity index (χ0n) is 15.0. The normalized spacial score (nSPS) is 13.5. The van der Waals surface area contributed by atoms with Crippen molar-refractivity contribution < 1.29 is 19.1 Å². The molecular formula is C20H22N2O4. The average Bonchev–Trinajstić information content (AvgIpc) is 3.05. The summed E-state index contributed by atoms with van der Waals surface area (Å²) in [6.45, 7) is 5.13. The Morgan fingerprint density at radius 3 is 2.77 bits per heavy atom. The van der Waals surface area contributed by atoms with E-state index in [1.807, 2.05) is 44.2 Å². The lowest BCUT2D eigenvalue weighted by atomic mass is 10.1. The maximum absolute atomic E-state index is 12.3. The summed E-state index contributed by atoms with van der Waals surface area (Å²) in [7, 11) is 0. The molecule has 1 saturated heterocycles. The van der Waals surface area contributed by atoms with Gasteiger partial charge in [0, 0.05) is 0 Å². The van der Waals surface area contributed by atoms with Crippen LogP contribution >= 0.6 is 0 Å². The minimum Gasteiger partial charge on any atom is -0.493 e. The number of hydrogen-bond acceptors (Lipinski definition) is 4. The van der Waals surface area contributed by atoms with E-state index in [1.165, 1.54) is 4.90 Å². The Morgan fingerprint density at radius 2 is 2.00 bits per heavy atom. The van der Waals surface area contributed by atoms with E-state index in [0.717, 1.165) is 16.9 Å². The quantitative estimate of drug-likeness (QED) is 0.859. The van der Waals surface area contributed by atoms with Gasteiger partial charge < -0.3 is 14.8 Å². The Morgan fingerprint density at radius 1 is 1.19 bits per heavy atom. The summed E-state index contributed by atoms with van der Waals surface area (Å²) in [5.74, 6) is 0.619. The highest BCUT2D eigenvalue weighted by Gasteiger charge is 2.25. The molecule has 0 atom stereocenters. The first-order valence-corrected chi connectivity index (χ1v) is 8.58. The van der Waals surface area contributed by atoms with Crippen LogP contribution in [0.3, 0.4) is 0 Å². The standard InChI is InChI=1S/C20H22N2O4/c1-14-6-5-9-18(15(14)2)25-12-10-19(23)21-16-7-3-4-8-17(16)22-11-13-26-20(22)24/h3-9H,10-13H2,1-2H3,(H,21,23). The second kappa shape index (κ2) is 7.91. The van der Waals surface area contributed by atoms with E-state index in [0.29, 0.717) is 24.5 Å². The maximum Gasteiger partial charge on any atom is 0.414 e. The van der Waals surface area contributed by atoms with Crippen LogP contribution in [-0.4, -0.2) is 31.8 Å². The van der Waals surface area contributed by atoms with Gasteiger partial charge in [0.25, 0.3) is 0 Å². The number of aryl methyl sites for hydroxylation is 1. The third-order valence-electron chi connectivity index (χ3n) is 4.37. The van der Waals surface area contributed by atoms with Crippen LogP contribution in [0.25, 0.3) is 0 Å². The van der Waals surface area contributed by atoms with Gasteiger partial charge in [0.05, 0.1) is 30.9 Å². The number of carbonyl (C=O) groups excluding carboxylic acids is 2. The lowest BCUT2D eigenvalue weighted by Gasteiger charge is -2.17. The van der Waals surface area contributed by atoms with E-state index in [1.54, 1.807) is 12.1 Å². The Balaban J connectivity index is 1.59. The van der Waals surface area contributed by atoms with Gasteiger partial charge in [-0.3, -0.25) is 9.69 Å². The van der Waals surface area contributed by atoms with Crippen molar-refractivity contribution in [3.8, 4) is 5.75 Å². The molecule has 0 unspecified atom stereocenters. The molecular weight excluding hydrogens is 332 g/mol. The highest BCUT2D eigenvalue weighted by Crippen LogP contribution is 2.28. The summed E-state index contributed by atoms with van der Waals surface area (Å²) < 4.78 is 10.7. The molecule has 1 N–H and O–H groups in total. The lowest BCUT2D eigenvalue weighted by molar-refractivity contribution is -0.116. The number of ether oxygens (including phenoxy) is 2. The van der Waals surface area contributed by atoms with Gasteiger partial charge in [-0.2, -0.15) is 0 Å². The molecule has 0 radical (unpaired) electrons. The molecule has 2 aromatic rings. The van der Waals surface area contributed by atoms with Crippen LogP contribution in [-0.2, 0) is 9.53 Å². The van der Waals surface area contributed by atoms with Crippen molar-refractivity contribution in [1.29, 1.82) is 0 Å². The molecule has 26 heavy (non-hydrogen) atoms. The molecule has 3 rings (SSSR count). The molecule has 2 amide bonds. The molecule has 0 aliphatic carbocycles. The molecule has 136 valence electrons. The number of rotatable bonds is 6. The first kappa shape index (κ1) is 17.8. The van der Waals surface area contributed by atoms with Gasteiger partial charge in [-0.15, -0.1) is 0 Å². The Kier molecular flexibility index (Phi) is 5.41. The predicted octanol–water partition coefficient (Wildman–Crippen LogP) is 3.67. The van der Waals surface area contributed by atoms with E-state index in [-0.39, 0.29) is 18.9 Å². The van der Waals surface area contributed by atoms with E-state index in [2.05, 4.69) is 5.32 Å². The van der Waals surface area contributed by atoms with E-state index >= 15 is 0 Å². The zero-order valence-corrected chi connectivity index (χ0v) is 15.0. The molecule has 0 aromatic heterocycles. The van der Waals surface area contributed by atoms with Crippen molar-refractivity contribution in [1.82, 2.24) is 0 Å². The largest absolute Gasteiger partial charge is 0.493 e. The summed E-state index contributed by atoms with van der Waals surface area (Å²) in [5, 5.41) is 2.85. The molecule has 0 spiro atoms. The van der Waals surface area contributed by atoms with Gasteiger partial charge in [0.1, 0.15) is 12.4 Å². The number of para-hydroxylation sites is 2. The highest BCUT2D eigenvalue weighted by molar-refractivity contribution is 5.99. The van der Waals surface area contributed by atoms with Crippen molar-refractivity contribution in [3.63, 3.8) is 0 Å². The molecule has 2 aromatic carbocycles. The van der Waals surface area contributed by atoms with Gasteiger partial charge >= 0.3 is 6.09 Å². The summed E-state index contributed by atoms with van der Waals surface area (Å²) >= 11 is 0. The van der Waals surface area contributed by atoms with E-state index in [9.17, 15) is 9.59 Å². The van der Waals surface area contributed by atoms with Crippen LogP contribution in [0.1, 0.15) is 17.5 Å². The van der Waals surface area contributed by atoms with Gasteiger partial charge in [0.15, 0.2) is 0 Å². The van der Waals surface area contributed by atoms with Gasteiger partial charge in [-0.25, -0.2) is 4.79 Å².